The standard InChI is InChI=1S/C28H35F2N/c1-2-3-4-5-6-7-19-8-9-21-15-22(11-10-20(21)14-19)23-12-13-25-24(16-23)17-27(29)26(18-31)28(25)30/h12-13,16-17,19-22H,2-11,14-15H2,1H3. The molecule has 4 atom stereocenters. The first-order valence-electron chi connectivity index (χ1n) is 12.4. The third-order valence-corrected chi connectivity index (χ3v) is 8.07. The van der Waals surface area contributed by atoms with Crippen molar-refractivity contribution in [2.24, 2.45) is 17.8 Å². The van der Waals surface area contributed by atoms with E-state index >= 15 is 0 Å². The lowest BCUT2D eigenvalue weighted by molar-refractivity contribution is 0.113. The van der Waals surface area contributed by atoms with E-state index in [9.17, 15) is 8.78 Å². The molecule has 2 saturated carbocycles. The Morgan fingerprint density at radius 1 is 0.935 bits per heavy atom. The number of halogens is 2. The molecule has 0 aromatic heterocycles. The molecule has 0 heterocycles. The topological polar surface area (TPSA) is 23.8 Å². The molecule has 2 aliphatic carbocycles. The molecule has 2 aliphatic rings. The number of benzene rings is 2. The van der Waals surface area contributed by atoms with E-state index in [0.717, 1.165) is 17.8 Å². The van der Waals surface area contributed by atoms with Gasteiger partial charge in [0.15, 0.2) is 5.82 Å². The zero-order valence-corrected chi connectivity index (χ0v) is 18.8. The molecule has 4 unspecified atom stereocenters. The molecule has 0 bridgehead atoms. The van der Waals surface area contributed by atoms with E-state index in [1.807, 2.05) is 12.1 Å². The molecule has 0 amide bonds. The molecule has 2 fully saturated rings. The Bertz CT molecular complexity index is 944. The van der Waals surface area contributed by atoms with Gasteiger partial charge in [-0.2, -0.15) is 5.26 Å². The average Bonchev–Trinajstić information content (AvgIpc) is 2.78. The van der Waals surface area contributed by atoms with Crippen molar-refractivity contribution in [1.82, 2.24) is 0 Å². The van der Waals surface area contributed by atoms with Crippen LogP contribution in [-0.4, -0.2) is 0 Å². The summed E-state index contributed by atoms with van der Waals surface area (Å²) >= 11 is 0. The van der Waals surface area contributed by atoms with Crippen molar-refractivity contribution in [3.63, 3.8) is 0 Å². The van der Waals surface area contributed by atoms with Gasteiger partial charge in [-0.25, -0.2) is 8.78 Å². The highest BCUT2D eigenvalue weighted by Gasteiger charge is 2.35. The van der Waals surface area contributed by atoms with Crippen molar-refractivity contribution in [3.05, 3.63) is 47.0 Å². The van der Waals surface area contributed by atoms with Crippen molar-refractivity contribution in [2.45, 2.75) is 89.9 Å². The van der Waals surface area contributed by atoms with Crippen molar-refractivity contribution in [2.75, 3.05) is 0 Å². The zero-order valence-electron chi connectivity index (χ0n) is 18.8. The summed E-state index contributed by atoms with van der Waals surface area (Å²) in [6.07, 6.45) is 16.1. The van der Waals surface area contributed by atoms with Crippen LogP contribution in [0.5, 0.6) is 0 Å². The fourth-order valence-corrected chi connectivity index (χ4v) is 6.29. The Kier molecular flexibility index (Phi) is 7.26. The van der Waals surface area contributed by atoms with Crippen LogP contribution in [0.1, 0.15) is 101 Å². The number of nitrogens with zero attached hydrogens (tertiary/aromatic N) is 1. The van der Waals surface area contributed by atoms with Crippen LogP contribution in [0.15, 0.2) is 24.3 Å². The van der Waals surface area contributed by atoms with Crippen molar-refractivity contribution in [1.29, 1.82) is 5.26 Å². The molecule has 0 aliphatic heterocycles. The second kappa shape index (κ2) is 10.1. The minimum Gasteiger partial charge on any atom is -0.205 e. The van der Waals surface area contributed by atoms with Gasteiger partial charge >= 0.3 is 0 Å². The van der Waals surface area contributed by atoms with E-state index in [-0.39, 0.29) is 0 Å². The van der Waals surface area contributed by atoms with E-state index in [1.54, 1.807) is 12.1 Å². The monoisotopic (exact) mass is 423 g/mol. The zero-order chi connectivity index (χ0) is 21.8. The summed E-state index contributed by atoms with van der Waals surface area (Å²) < 4.78 is 28.5. The summed E-state index contributed by atoms with van der Waals surface area (Å²) in [7, 11) is 0. The van der Waals surface area contributed by atoms with Crippen LogP contribution >= 0.6 is 0 Å². The predicted molar refractivity (Wildman–Crippen MR) is 123 cm³/mol. The number of nitriles is 1. The van der Waals surface area contributed by atoms with Gasteiger partial charge in [0, 0.05) is 5.39 Å². The van der Waals surface area contributed by atoms with E-state index in [0.29, 0.717) is 16.7 Å². The second-order valence-corrected chi connectivity index (χ2v) is 10.1. The fourth-order valence-electron chi connectivity index (χ4n) is 6.29. The highest BCUT2D eigenvalue weighted by atomic mass is 19.1. The summed E-state index contributed by atoms with van der Waals surface area (Å²) in [6.45, 7) is 2.27. The molecule has 1 nitrogen and oxygen atoms in total. The van der Waals surface area contributed by atoms with Gasteiger partial charge in [-0.15, -0.1) is 0 Å². The van der Waals surface area contributed by atoms with Gasteiger partial charge in [0.05, 0.1) is 0 Å². The maximum absolute atomic E-state index is 14.4. The summed E-state index contributed by atoms with van der Waals surface area (Å²) in [5.74, 6) is 1.60. The summed E-state index contributed by atoms with van der Waals surface area (Å²) in [4.78, 5) is 0. The van der Waals surface area contributed by atoms with Crippen LogP contribution in [0.25, 0.3) is 10.8 Å². The quantitative estimate of drug-likeness (QED) is 0.409. The maximum Gasteiger partial charge on any atom is 0.151 e. The van der Waals surface area contributed by atoms with Gasteiger partial charge in [0.25, 0.3) is 0 Å². The van der Waals surface area contributed by atoms with Crippen LogP contribution < -0.4 is 0 Å². The Labute approximate surface area is 185 Å². The minimum absolute atomic E-state index is 0.342. The molecule has 2 aromatic carbocycles. The number of hydrogen-bond acceptors (Lipinski definition) is 1. The number of fused-ring (bicyclic) bond motifs is 2. The van der Waals surface area contributed by atoms with Crippen LogP contribution in [0.4, 0.5) is 8.78 Å². The lowest BCUT2D eigenvalue weighted by atomic mass is 9.63. The molecule has 0 radical (unpaired) electrons. The van der Waals surface area contributed by atoms with E-state index < -0.39 is 17.2 Å². The van der Waals surface area contributed by atoms with Crippen LogP contribution in [-0.2, 0) is 0 Å². The first-order valence-corrected chi connectivity index (χ1v) is 12.4. The predicted octanol–water partition coefficient (Wildman–Crippen LogP) is 8.65. The van der Waals surface area contributed by atoms with Gasteiger partial charge in [0.2, 0.25) is 0 Å². The SMILES string of the molecule is CCCCCCCC1CCC2CC(c3ccc4c(F)c(C#N)c(F)cc4c3)CCC2C1. The first kappa shape index (κ1) is 22.3. The first-order chi connectivity index (χ1) is 15.1. The minimum atomic E-state index is -0.763. The van der Waals surface area contributed by atoms with Crippen molar-refractivity contribution >= 4 is 10.8 Å². The van der Waals surface area contributed by atoms with Gasteiger partial charge in [-0.05, 0) is 72.8 Å². The number of hydrogen-bond donors (Lipinski definition) is 0. The Hall–Kier alpha value is -1.95. The Balaban J connectivity index is 1.37. The molecule has 166 valence electrons. The van der Waals surface area contributed by atoms with Gasteiger partial charge in [0.1, 0.15) is 17.4 Å². The van der Waals surface area contributed by atoms with Gasteiger partial charge in [-0.1, -0.05) is 70.1 Å². The second-order valence-electron chi connectivity index (χ2n) is 10.1. The highest BCUT2D eigenvalue weighted by Crippen LogP contribution is 2.48. The molecule has 3 heteroatoms. The molecular weight excluding hydrogens is 388 g/mol. The van der Waals surface area contributed by atoms with Crippen molar-refractivity contribution < 1.29 is 8.78 Å². The third-order valence-electron chi connectivity index (χ3n) is 8.07. The summed E-state index contributed by atoms with van der Waals surface area (Å²) in [5.41, 5.74) is 0.718. The van der Waals surface area contributed by atoms with E-state index in [1.165, 1.54) is 88.7 Å². The molecule has 2 aromatic rings. The number of rotatable bonds is 7. The van der Waals surface area contributed by atoms with E-state index in [4.69, 9.17) is 5.26 Å². The average molecular weight is 424 g/mol. The van der Waals surface area contributed by atoms with Crippen LogP contribution in [0.2, 0.25) is 0 Å². The Morgan fingerprint density at radius 2 is 1.71 bits per heavy atom. The third kappa shape index (κ3) is 4.94. The van der Waals surface area contributed by atoms with Gasteiger partial charge < -0.3 is 0 Å². The molecule has 0 spiro atoms. The lowest BCUT2D eigenvalue weighted by Crippen LogP contribution is -2.30. The van der Waals surface area contributed by atoms with E-state index in [2.05, 4.69) is 6.92 Å². The van der Waals surface area contributed by atoms with Gasteiger partial charge in [-0.3, -0.25) is 0 Å². The largest absolute Gasteiger partial charge is 0.205 e. The van der Waals surface area contributed by atoms with Crippen molar-refractivity contribution in [3.8, 4) is 6.07 Å². The van der Waals surface area contributed by atoms with Crippen LogP contribution in [0, 0.1) is 40.7 Å². The summed E-state index contributed by atoms with van der Waals surface area (Å²) in [6, 6.07) is 8.65. The number of unbranched alkanes of at least 4 members (excludes halogenated alkanes) is 4. The molecular formula is C28H35F2N. The Morgan fingerprint density at radius 3 is 2.52 bits per heavy atom. The summed E-state index contributed by atoms with van der Waals surface area (Å²) in [5, 5.41) is 9.91. The molecule has 31 heavy (non-hydrogen) atoms. The normalized spacial score (nSPS) is 25.9. The molecule has 0 N–H and O–H groups in total. The fraction of sp³-hybridized carbons (Fsp3) is 0.607. The van der Waals surface area contributed by atoms with Crippen LogP contribution in [0.3, 0.4) is 0 Å². The maximum atomic E-state index is 14.4. The highest BCUT2D eigenvalue weighted by molar-refractivity contribution is 5.85. The molecule has 0 saturated heterocycles. The smallest absolute Gasteiger partial charge is 0.151 e. The lowest BCUT2D eigenvalue weighted by Gasteiger charge is -2.42. The molecule has 4 rings (SSSR count).